The first-order chi connectivity index (χ1) is 18.1. The van der Waals surface area contributed by atoms with Gasteiger partial charge in [0.1, 0.15) is 6.61 Å². The SMILES string of the molecule is COC(=O)CCc1cccc(Cc2ccccc2C2=NC(C(=O)NCCCCC3CCCCC3)CO2)c1. The Morgan fingerprint density at radius 3 is 2.68 bits per heavy atom. The van der Waals surface area contributed by atoms with Crippen molar-refractivity contribution in [3.63, 3.8) is 0 Å². The molecule has 0 spiro atoms. The second-order valence-corrected chi connectivity index (χ2v) is 10.3. The molecular formula is C31H40N2O4. The van der Waals surface area contributed by atoms with E-state index in [1.807, 2.05) is 30.3 Å². The third-order valence-electron chi connectivity index (χ3n) is 7.50. The largest absolute Gasteiger partial charge is 0.475 e. The maximum atomic E-state index is 12.7. The van der Waals surface area contributed by atoms with E-state index in [1.54, 1.807) is 0 Å². The summed E-state index contributed by atoms with van der Waals surface area (Å²) < 4.78 is 10.7. The second-order valence-electron chi connectivity index (χ2n) is 10.3. The summed E-state index contributed by atoms with van der Waals surface area (Å²) in [6, 6.07) is 15.8. The minimum absolute atomic E-state index is 0.0524. The molecule has 2 aromatic carbocycles. The minimum atomic E-state index is -0.497. The summed E-state index contributed by atoms with van der Waals surface area (Å²) in [6.45, 7) is 0.983. The van der Waals surface area contributed by atoms with Crippen molar-refractivity contribution >= 4 is 17.8 Å². The smallest absolute Gasteiger partial charge is 0.305 e. The highest BCUT2D eigenvalue weighted by atomic mass is 16.5. The van der Waals surface area contributed by atoms with Crippen LogP contribution in [0.25, 0.3) is 0 Å². The first kappa shape index (κ1) is 26.9. The summed E-state index contributed by atoms with van der Waals surface area (Å²) >= 11 is 0. The molecule has 6 heteroatoms. The van der Waals surface area contributed by atoms with Gasteiger partial charge in [-0.1, -0.05) is 87.4 Å². The fourth-order valence-electron chi connectivity index (χ4n) is 5.37. The van der Waals surface area contributed by atoms with E-state index < -0.39 is 6.04 Å². The number of amides is 1. The van der Waals surface area contributed by atoms with Crippen LogP contribution in [0.4, 0.5) is 0 Å². The van der Waals surface area contributed by atoms with Gasteiger partial charge in [-0.25, -0.2) is 4.99 Å². The number of hydrogen-bond acceptors (Lipinski definition) is 5. The maximum absolute atomic E-state index is 12.7. The Balaban J connectivity index is 1.29. The average Bonchev–Trinajstić information content (AvgIpc) is 3.43. The van der Waals surface area contributed by atoms with Crippen LogP contribution in [-0.2, 0) is 31.9 Å². The molecule has 0 bridgehead atoms. The molecule has 0 saturated heterocycles. The van der Waals surface area contributed by atoms with Gasteiger partial charge in [0, 0.05) is 18.5 Å². The van der Waals surface area contributed by atoms with Crippen LogP contribution in [0.2, 0.25) is 0 Å². The summed E-state index contributed by atoms with van der Waals surface area (Å²) in [5, 5.41) is 3.06. The molecule has 2 aromatic rings. The van der Waals surface area contributed by atoms with Gasteiger partial charge in [-0.15, -0.1) is 0 Å². The summed E-state index contributed by atoms with van der Waals surface area (Å²) in [7, 11) is 1.41. The van der Waals surface area contributed by atoms with E-state index >= 15 is 0 Å². The van der Waals surface area contributed by atoms with Crippen LogP contribution >= 0.6 is 0 Å². The zero-order valence-corrected chi connectivity index (χ0v) is 22.0. The van der Waals surface area contributed by atoms with Crippen molar-refractivity contribution in [2.45, 2.75) is 76.7 Å². The van der Waals surface area contributed by atoms with Crippen molar-refractivity contribution in [2.24, 2.45) is 10.9 Å². The number of esters is 1. The first-order valence-corrected chi connectivity index (χ1v) is 13.8. The monoisotopic (exact) mass is 504 g/mol. The molecular weight excluding hydrogens is 464 g/mol. The molecule has 1 atom stereocenters. The number of benzene rings is 2. The van der Waals surface area contributed by atoms with Gasteiger partial charge in [-0.3, -0.25) is 9.59 Å². The molecule has 1 heterocycles. The van der Waals surface area contributed by atoms with E-state index in [4.69, 9.17) is 9.47 Å². The maximum Gasteiger partial charge on any atom is 0.305 e. The van der Waals surface area contributed by atoms with E-state index in [-0.39, 0.29) is 18.5 Å². The fourth-order valence-corrected chi connectivity index (χ4v) is 5.37. The van der Waals surface area contributed by atoms with E-state index in [9.17, 15) is 9.59 Å². The summed E-state index contributed by atoms with van der Waals surface area (Å²) in [6.07, 6.45) is 12.1. The molecule has 1 fully saturated rings. The van der Waals surface area contributed by atoms with Crippen molar-refractivity contribution in [2.75, 3.05) is 20.3 Å². The van der Waals surface area contributed by atoms with Gasteiger partial charge in [0.2, 0.25) is 11.8 Å². The van der Waals surface area contributed by atoms with Gasteiger partial charge in [0.15, 0.2) is 6.04 Å². The van der Waals surface area contributed by atoms with Gasteiger partial charge in [-0.2, -0.15) is 0 Å². The van der Waals surface area contributed by atoms with E-state index in [0.717, 1.165) is 34.6 Å². The minimum Gasteiger partial charge on any atom is -0.475 e. The number of aryl methyl sites for hydroxylation is 1. The standard InChI is InChI=1S/C31H40N2O4/c1-36-29(34)18-17-24-13-9-14-25(20-24)21-26-15-5-6-16-27(26)31-33-28(22-37-31)30(35)32-19-8-7-12-23-10-3-2-4-11-23/h5-6,9,13-16,20,23,28H,2-4,7-8,10-12,17-19,21-22H2,1H3,(H,32,35). The lowest BCUT2D eigenvalue weighted by Crippen LogP contribution is -2.34. The number of unbranched alkanes of at least 4 members (excludes halogenated alkanes) is 1. The molecule has 6 nitrogen and oxygen atoms in total. The Hall–Kier alpha value is -3.15. The van der Waals surface area contributed by atoms with Gasteiger partial charge in [0.05, 0.1) is 7.11 Å². The lowest BCUT2D eigenvalue weighted by atomic mass is 9.86. The third kappa shape index (κ3) is 8.17. The highest BCUT2D eigenvalue weighted by Crippen LogP contribution is 2.27. The number of nitrogens with zero attached hydrogens (tertiary/aromatic N) is 1. The highest BCUT2D eigenvalue weighted by Gasteiger charge is 2.27. The molecule has 198 valence electrons. The number of methoxy groups -OCH3 is 1. The first-order valence-electron chi connectivity index (χ1n) is 13.8. The quantitative estimate of drug-likeness (QED) is 0.310. The number of hydrogen-bond donors (Lipinski definition) is 1. The van der Waals surface area contributed by atoms with Gasteiger partial charge < -0.3 is 14.8 Å². The molecule has 0 radical (unpaired) electrons. The molecule has 2 aliphatic rings. The number of ether oxygens (including phenoxy) is 2. The Kier molecular flexibility index (Phi) is 10.2. The van der Waals surface area contributed by atoms with Crippen LogP contribution < -0.4 is 5.32 Å². The Labute approximate surface area is 220 Å². The van der Waals surface area contributed by atoms with Crippen molar-refractivity contribution < 1.29 is 19.1 Å². The topological polar surface area (TPSA) is 77.0 Å². The van der Waals surface area contributed by atoms with Crippen LogP contribution in [0.1, 0.15) is 80.0 Å². The summed E-state index contributed by atoms with van der Waals surface area (Å²) in [4.78, 5) is 28.8. The molecule has 1 saturated carbocycles. The third-order valence-corrected chi connectivity index (χ3v) is 7.50. The lowest BCUT2D eigenvalue weighted by Gasteiger charge is -2.21. The summed E-state index contributed by atoms with van der Waals surface area (Å²) in [5.41, 5.74) is 4.27. The zero-order valence-electron chi connectivity index (χ0n) is 22.0. The molecule has 4 rings (SSSR count). The van der Waals surface area contributed by atoms with Crippen molar-refractivity contribution in [3.8, 4) is 0 Å². The van der Waals surface area contributed by atoms with Crippen LogP contribution in [0.3, 0.4) is 0 Å². The Morgan fingerprint density at radius 2 is 1.84 bits per heavy atom. The normalized spacial score (nSPS) is 17.6. The number of carbonyl (C=O) groups is 2. The Morgan fingerprint density at radius 1 is 1.03 bits per heavy atom. The van der Waals surface area contributed by atoms with Gasteiger partial charge >= 0.3 is 5.97 Å². The van der Waals surface area contributed by atoms with Crippen LogP contribution in [0.5, 0.6) is 0 Å². The molecule has 1 aliphatic carbocycles. The molecule has 37 heavy (non-hydrogen) atoms. The number of nitrogens with one attached hydrogen (secondary N) is 1. The van der Waals surface area contributed by atoms with Crippen LogP contribution in [0.15, 0.2) is 53.5 Å². The Bertz CT molecular complexity index is 1070. The molecule has 1 unspecified atom stereocenters. The molecule has 1 aliphatic heterocycles. The number of rotatable bonds is 12. The predicted molar refractivity (Wildman–Crippen MR) is 146 cm³/mol. The van der Waals surface area contributed by atoms with Gasteiger partial charge in [-0.05, 0) is 47.9 Å². The van der Waals surface area contributed by atoms with Crippen molar-refractivity contribution in [1.82, 2.24) is 5.32 Å². The van der Waals surface area contributed by atoms with E-state index in [1.165, 1.54) is 52.1 Å². The fraction of sp³-hybridized carbons (Fsp3) is 0.516. The van der Waals surface area contributed by atoms with E-state index in [0.29, 0.717) is 31.7 Å². The van der Waals surface area contributed by atoms with Crippen molar-refractivity contribution in [1.29, 1.82) is 0 Å². The van der Waals surface area contributed by atoms with E-state index in [2.05, 4.69) is 28.5 Å². The second kappa shape index (κ2) is 14.0. The average molecular weight is 505 g/mol. The predicted octanol–water partition coefficient (Wildman–Crippen LogP) is 5.40. The highest BCUT2D eigenvalue weighted by molar-refractivity contribution is 5.99. The zero-order chi connectivity index (χ0) is 25.9. The molecule has 1 N–H and O–H groups in total. The van der Waals surface area contributed by atoms with Crippen LogP contribution in [-0.4, -0.2) is 44.1 Å². The van der Waals surface area contributed by atoms with Crippen LogP contribution in [0, 0.1) is 5.92 Å². The number of aliphatic imine (C=N–C) groups is 1. The lowest BCUT2D eigenvalue weighted by molar-refractivity contribution is -0.140. The molecule has 1 amide bonds. The van der Waals surface area contributed by atoms with Gasteiger partial charge in [0.25, 0.3) is 0 Å². The molecule has 0 aromatic heterocycles. The van der Waals surface area contributed by atoms with Crippen molar-refractivity contribution in [3.05, 3.63) is 70.8 Å². The summed E-state index contributed by atoms with van der Waals surface area (Å²) in [5.74, 6) is 1.17. The number of carbonyl (C=O) groups excluding carboxylic acids is 2.